The summed E-state index contributed by atoms with van der Waals surface area (Å²) in [6.45, 7) is 1.76. The summed E-state index contributed by atoms with van der Waals surface area (Å²) in [5.41, 5.74) is 1.25. The van der Waals surface area contributed by atoms with Crippen molar-refractivity contribution in [3.05, 3.63) is 59.9 Å². The average Bonchev–Trinajstić information content (AvgIpc) is 2.48. The van der Waals surface area contributed by atoms with E-state index in [2.05, 4.69) is 9.71 Å². The first-order valence-corrected chi connectivity index (χ1v) is 7.43. The lowest BCUT2D eigenvalue weighted by molar-refractivity contribution is 0.567. The molecule has 102 valence electrons. The Morgan fingerprint density at radius 3 is 2.30 bits per heavy atom. The van der Waals surface area contributed by atoms with Crippen molar-refractivity contribution in [1.82, 2.24) is 9.71 Å². The second-order valence-corrected chi connectivity index (χ2v) is 5.97. The molecule has 1 heterocycles. The van der Waals surface area contributed by atoms with Crippen LogP contribution in [0.5, 0.6) is 0 Å². The molecular formula is C14H13N3O2S. The average molecular weight is 287 g/mol. The molecule has 1 atom stereocenters. The molecule has 2 aromatic rings. The van der Waals surface area contributed by atoms with Crippen molar-refractivity contribution in [1.29, 1.82) is 5.26 Å². The maximum atomic E-state index is 12.2. The van der Waals surface area contributed by atoms with Crippen molar-refractivity contribution in [2.75, 3.05) is 0 Å². The third-order valence-electron chi connectivity index (χ3n) is 2.83. The summed E-state index contributed by atoms with van der Waals surface area (Å²) in [7, 11) is -3.61. The number of nitriles is 1. The quantitative estimate of drug-likeness (QED) is 0.932. The Balaban J connectivity index is 2.21. The summed E-state index contributed by atoms with van der Waals surface area (Å²) >= 11 is 0. The van der Waals surface area contributed by atoms with Crippen LogP contribution in [0.2, 0.25) is 0 Å². The smallest absolute Gasteiger partial charge is 0.241 e. The third kappa shape index (κ3) is 3.20. The Kier molecular flexibility index (Phi) is 4.13. The lowest BCUT2D eigenvalue weighted by atomic mass is 10.1. The van der Waals surface area contributed by atoms with E-state index in [0.29, 0.717) is 5.56 Å². The predicted molar refractivity (Wildman–Crippen MR) is 74.1 cm³/mol. The van der Waals surface area contributed by atoms with E-state index in [4.69, 9.17) is 5.26 Å². The highest BCUT2D eigenvalue weighted by Crippen LogP contribution is 2.16. The van der Waals surface area contributed by atoms with Crippen LogP contribution >= 0.6 is 0 Å². The fraction of sp³-hybridized carbons (Fsp3) is 0.143. The van der Waals surface area contributed by atoms with Crippen LogP contribution in [0.1, 0.15) is 24.1 Å². The number of aromatic nitrogens is 1. The van der Waals surface area contributed by atoms with Gasteiger partial charge >= 0.3 is 0 Å². The summed E-state index contributed by atoms with van der Waals surface area (Å²) in [4.78, 5) is 4.03. The van der Waals surface area contributed by atoms with Gasteiger partial charge in [0.15, 0.2) is 0 Å². The van der Waals surface area contributed by atoms with Crippen LogP contribution in [0, 0.1) is 11.3 Å². The molecule has 6 heteroatoms. The molecule has 1 aromatic carbocycles. The molecule has 5 nitrogen and oxygen atoms in total. The maximum absolute atomic E-state index is 12.2. The zero-order valence-corrected chi connectivity index (χ0v) is 11.6. The normalized spacial score (nSPS) is 12.6. The largest absolute Gasteiger partial charge is 0.265 e. The van der Waals surface area contributed by atoms with E-state index in [-0.39, 0.29) is 10.9 Å². The topological polar surface area (TPSA) is 82.9 Å². The fourth-order valence-electron chi connectivity index (χ4n) is 1.73. The SMILES string of the molecule is C[C@@H](NS(=O)(=O)c1ccc(C#N)cc1)c1ccncc1. The van der Waals surface area contributed by atoms with Gasteiger partial charge < -0.3 is 0 Å². The van der Waals surface area contributed by atoms with Gasteiger partial charge in [-0.1, -0.05) is 0 Å². The molecule has 0 saturated heterocycles. The van der Waals surface area contributed by atoms with Crippen molar-refractivity contribution < 1.29 is 8.42 Å². The summed E-state index contributed by atoms with van der Waals surface area (Å²) in [6.07, 6.45) is 3.23. The third-order valence-corrected chi connectivity index (χ3v) is 4.39. The summed E-state index contributed by atoms with van der Waals surface area (Å²) in [5, 5.41) is 8.70. The second kappa shape index (κ2) is 5.82. The number of hydrogen-bond donors (Lipinski definition) is 1. The van der Waals surface area contributed by atoms with Gasteiger partial charge in [-0.25, -0.2) is 13.1 Å². The second-order valence-electron chi connectivity index (χ2n) is 4.26. The molecule has 0 unspecified atom stereocenters. The van der Waals surface area contributed by atoms with E-state index in [1.807, 2.05) is 6.07 Å². The Hall–Kier alpha value is -2.23. The number of sulfonamides is 1. The molecule has 20 heavy (non-hydrogen) atoms. The highest BCUT2D eigenvalue weighted by atomic mass is 32.2. The van der Waals surface area contributed by atoms with Gasteiger partial charge in [-0.05, 0) is 48.9 Å². The minimum atomic E-state index is -3.61. The van der Waals surface area contributed by atoms with Gasteiger partial charge in [-0.15, -0.1) is 0 Å². The summed E-state index contributed by atoms with van der Waals surface area (Å²) in [5.74, 6) is 0. The van der Waals surface area contributed by atoms with Crippen LogP contribution in [-0.4, -0.2) is 13.4 Å². The molecule has 1 N–H and O–H groups in total. The maximum Gasteiger partial charge on any atom is 0.241 e. The zero-order chi connectivity index (χ0) is 14.6. The summed E-state index contributed by atoms with van der Waals surface area (Å²) < 4.78 is 27.0. The van der Waals surface area contributed by atoms with Crippen LogP contribution < -0.4 is 4.72 Å². The minimum Gasteiger partial charge on any atom is -0.265 e. The van der Waals surface area contributed by atoms with Crippen LogP contribution in [0.3, 0.4) is 0 Å². The lowest BCUT2D eigenvalue weighted by Crippen LogP contribution is -2.26. The van der Waals surface area contributed by atoms with Crippen LogP contribution in [-0.2, 0) is 10.0 Å². The Labute approximate surface area is 118 Å². The molecule has 2 rings (SSSR count). The van der Waals surface area contributed by atoms with Crippen molar-refractivity contribution in [2.45, 2.75) is 17.9 Å². The highest BCUT2D eigenvalue weighted by Gasteiger charge is 2.18. The first-order chi connectivity index (χ1) is 9.53. The Morgan fingerprint density at radius 2 is 1.75 bits per heavy atom. The monoisotopic (exact) mass is 287 g/mol. The van der Waals surface area contributed by atoms with Gasteiger partial charge in [0.2, 0.25) is 10.0 Å². The van der Waals surface area contributed by atoms with Crippen molar-refractivity contribution in [3.63, 3.8) is 0 Å². The van der Waals surface area contributed by atoms with Gasteiger partial charge in [0.05, 0.1) is 16.5 Å². The van der Waals surface area contributed by atoms with Gasteiger partial charge in [-0.2, -0.15) is 5.26 Å². The molecule has 0 aliphatic carbocycles. The molecule has 0 saturated carbocycles. The molecule has 0 aliphatic rings. The Bertz CT molecular complexity index is 719. The molecular weight excluding hydrogens is 274 g/mol. The van der Waals surface area contributed by atoms with Crippen molar-refractivity contribution in [2.24, 2.45) is 0 Å². The van der Waals surface area contributed by atoms with Gasteiger partial charge in [0.1, 0.15) is 0 Å². The fourth-order valence-corrected chi connectivity index (χ4v) is 2.96. The number of nitrogens with one attached hydrogen (secondary N) is 1. The molecule has 0 fully saturated rings. The number of hydrogen-bond acceptors (Lipinski definition) is 4. The molecule has 0 bridgehead atoms. The number of benzene rings is 1. The van der Waals surface area contributed by atoms with E-state index in [1.54, 1.807) is 31.5 Å². The number of rotatable bonds is 4. The van der Waals surface area contributed by atoms with Crippen LogP contribution in [0.15, 0.2) is 53.7 Å². The molecule has 0 amide bonds. The first kappa shape index (κ1) is 14.2. The van der Waals surface area contributed by atoms with E-state index in [9.17, 15) is 8.42 Å². The number of nitrogens with zero attached hydrogens (tertiary/aromatic N) is 2. The predicted octanol–water partition coefficient (Wildman–Crippen LogP) is 1.99. The Morgan fingerprint density at radius 1 is 1.15 bits per heavy atom. The van der Waals surface area contributed by atoms with Gasteiger partial charge in [0, 0.05) is 18.4 Å². The van der Waals surface area contributed by atoms with Crippen LogP contribution in [0.25, 0.3) is 0 Å². The first-order valence-electron chi connectivity index (χ1n) is 5.95. The molecule has 1 aromatic heterocycles. The summed E-state index contributed by atoms with van der Waals surface area (Å²) in [6, 6.07) is 10.9. The molecule has 0 radical (unpaired) electrons. The van der Waals surface area contributed by atoms with E-state index >= 15 is 0 Å². The van der Waals surface area contributed by atoms with Gasteiger partial charge in [-0.3, -0.25) is 4.98 Å². The van der Waals surface area contributed by atoms with E-state index in [0.717, 1.165) is 5.56 Å². The van der Waals surface area contributed by atoms with Gasteiger partial charge in [0.25, 0.3) is 0 Å². The van der Waals surface area contributed by atoms with Crippen LogP contribution in [0.4, 0.5) is 0 Å². The zero-order valence-electron chi connectivity index (χ0n) is 10.8. The lowest BCUT2D eigenvalue weighted by Gasteiger charge is -2.14. The highest BCUT2D eigenvalue weighted by molar-refractivity contribution is 7.89. The standard InChI is InChI=1S/C14H13N3O2S/c1-11(13-6-8-16-9-7-13)17-20(18,19)14-4-2-12(10-15)3-5-14/h2-9,11,17H,1H3/t11-/m1/s1. The van der Waals surface area contributed by atoms with E-state index < -0.39 is 10.0 Å². The minimum absolute atomic E-state index is 0.136. The van der Waals surface area contributed by atoms with Crippen molar-refractivity contribution in [3.8, 4) is 6.07 Å². The molecule has 0 aliphatic heterocycles. The number of pyridine rings is 1. The van der Waals surface area contributed by atoms with E-state index in [1.165, 1.54) is 24.3 Å². The molecule has 0 spiro atoms. The van der Waals surface area contributed by atoms with Crippen molar-refractivity contribution >= 4 is 10.0 Å².